The Balaban J connectivity index is 1.26. The number of nitrogens with zero attached hydrogens (tertiary/aromatic N) is 4. The Labute approximate surface area is 177 Å². The number of aromatic amines is 2. The van der Waals surface area contributed by atoms with Gasteiger partial charge in [-0.05, 0) is 32.1 Å². The monoisotopic (exact) mass is 436 g/mol. The number of nitrogens with one attached hydrogen (secondary N) is 2. The average Bonchev–Trinajstić information content (AvgIpc) is 3.63. The highest BCUT2D eigenvalue weighted by atomic mass is 35.5. The zero-order chi connectivity index (χ0) is 20.1. The van der Waals surface area contributed by atoms with Crippen LogP contribution in [0.1, 0.15) is 76.3 Å². The number of rotatable bonds is 4. The summed E-state index contributed by atoms with van der Waals surface area (Å²) in [6, 6.07) is 0. The average molecular weight is 437 g/mol. The first kappa shape index (κ1) is 18.9. The van der Waals surface area contributed by atoms with Crippen LogP contribution in [0.5, 0.6) is 0 Å². The first-order valence-corrected chi connectivity index (χ1v) is 10.9. The van der Waals surface area contributed by atoms with E-state index in [9.17, 15) is 9.59 Å². The molecule has 5 rings (SSSR count). The molecular weight excluding hydrogens is 415 g/mol. The van der Waals surface area contributed by atoms with Gasteiger partial charge in [-0.2, -0.15) is 10.2 Å². The van der Waals surface area contributed by atoms with Crippen LogP contribution in [0.15, 0.2) is 0 Å². The van der Waals surface area contributed by atoms with E-state index in [1.54, 1.807) is 9.80 Å². The maximum absolute atomic E-state index is 12.9. The lowest BCUT2D eigenvalue weighted by molar-refractivity contribution is 0.0713. The molecule has 0 unspecified atom stereocenters. The quantitative estimate of drug-likeness (QED) is 0.768. The van der Waals surface area contributed by atoms with Gasteiger partial charge >= 0.3 is 0 Å². The van der Waals surface area contributed by atoms with Crippen molar-refractivity contribution in [3.05, 3.63) is 32.8 Å². The van der Waals surface area contributed by atoms with Crippen molar-refractivity contribution >= 4 is 35.0 Å². The lowest BCUT2D eigenvalue weighted by Gasteiger charge is -2.21. The number of carbonyl (C=O) groups is 2. The van der Waals surface area contributed by atoms with Gasteiger partial charge in [0.1, 0.15) is 0 Å². The summed E-state index contributed by atoms with van der Waals surface area (Å²) < 4.78 is 0. The molecule has 0 aromatic carbocycles. The van der Waals surface area contributed by atoms with Crippen LogP contribution in [0.3, 0.4) is 0 Å². The molecule has 3 fully saturated rings. The molecule has 3 aliphatic rings. The molecule has 2 aromatic heterocycles. The Hall–Kier alpha value is -2.06. The largest absolute Gasteiger partial charge is 0.335 e. The van der Waals surface area contributed by atoms with Gasteiger partial charge in [0.05, 0.1) is 21.4 Å². The number of halogens is 2. The van der Waals surface area contributed by atoms with Crippen molar-refractivity contribution in [1.82, 2.24) is 30.2 Å². The lowest BCUT2D eigenvalue weighted by Crippen LogP contribution is -2.37. The second-order valence-electron chi connectivity index (χ2n) is 8.09. The van der Waals surface area contributed by atoms with Crippen molar-refractivity contribution in [2.24, 2.45) is 0 Å². The third-order valence-corrected chi connectivity index (χ3v) is 6.68. The summed E-state index contributed by atoms with van der Waals surface area (Å²) in [5.41, 5.74) is 2.28. The van der Waals surface area contributed by atoms with Crippen molar-refractivity contribution in [3.63, 3.8) is 0 Å². The minimum Gasteiger partial charge on any atom is -0.335 e. The second kappa shape index (κ2) is 7.32. The molecule has 0 bridgehead atoms. The molecule has 8 nitrogen and oxygen atoms in total. The van der Waals surface area contributed by atoms with E-state index in [0.29, 0.717) is 54.5 Å². The molecule has 0 spiro atoms. The summed E-state index contributed by atoms with van der Waals surface area (Å²) in [5, 5.41) is 15.0. The summed E-state index contributed by atoms with van der Waals surface area (Å²) >= 11 is 12.8. The number of amides is 2. The van der Waals surface area contributed by atoms with Gasteiger partial charge in [0.15, 0.2) is 11.4 Å². The molecule has 0 radical (unpaired) electrons. The van der Waals surface area contributed by atoms with Crippen LogP contribution in [0.4, 0.5) is 0 Å². The van der Waals surface area contributed by atoms with Crippen molar-refractivity contribution in [2.45, 2.75) is 43.9 Å². The van der Waals surface area contributed by atoms with E-state index in [-0.39, 0.29) is 23.2 Å². The van der Waals surface area contributed by atoms with Crippen LogP contribution in [0.25, 0.3) is 0 Å². The highest BCUT2D eigenvalue weighted by molar-refractivity contribution is 6.34. The number of hydrogen-bond acceptors (Lipinski definition) is 4. The number of carbonyl (C=O) groups excluding carboxylic acids is 2. The van der Waals surface area contributed by atoms with E-state index < -0.39 is 0 Å². The number of H-pyrrole nitrogens is 2. The normalized spacial score (nSPS) is 20.1. The summed E-state index contributed by atoms with van der Waals surface area (Å²) in [7, 11) is 0. The van der Waals surface area contributed by atoms with Gasteiger partial charge in [0.25, 0.3) is 11.8 Å². The van der Waals surface area contributed by atoms with E-state index in [0.717, 1.165) is 37.1 Å². The number of aromatic nitrogens is 4. The zero-order valence-electron chi connectivity index (χ0n) is 15.9. The fraction of sp³-hybridized carbons (Fsp3) is 0.579. The molecule has 154 valence electrons. The smallest absolute Gasteiger partial charge is 0.275 e. The van der Waals surface area contributed by atoms with Crippen LogP contribution in [-0.4, -0.2) is 68.2 Å². The van der Waals surface area contributed by atoms with Gasteiger partial charge in [-0.25, -0.2) is 0 Å². The first-order chi connectivity index (χ1) is 14.0. The van der Waals surface area contributed by atoms with E-state index in [2.05, 4.69) is 20.4 Å². The predicted molar refractivity (Wildman–Crippen MR) is 108 cm³/mol. The molecule has 2 aromatic rings. The maximum atomic E-state index is 12.9. The van der Waals surface area contributed by atoms with Crippen molar-refractivity contribution < 1.29 is 9.59 Å². The molecule has 1 saturated heterocycles. The van der Waals surface area contributed by atoms with Crippen LogP contribution in [-0.2, 0) is 0 Å². The predicted octanol–water partition coefficient (Wildman–Crippen LogP) is 3.18. The van der Waals surface area contributed by atoms with Crippen LogP contribution < -0.4 is 0 Å². The van der Waals surface area contributed by atoms with Crippen LogP contribution in [0.2, 0.25) is 10.0 Å². The van der Waals surface area contributed by atoms with Crippen LogP contribution in [0, 0.1) is 0 Å². The Bertz CT molecular complexity index is 886. The number of hydrogen-bond donors (Lipinski definition) is 2. The summed E-state index contributed by atoms with van der Waals surface area (Å²) in [6.07, 6.45) is 4.98. The molecule has 2 aliphatic carbocycles. The van der Waals surface area contributed by atoms with E-state index >= 15 is 0 Å². The van der Waals surface area contributed by atoms with E-state index in [1.807, 2.05) is 0 Å². The lowest BCUT2D eigenvalue weighted by atomic mass is 10.2. The molecular formula is C19H22Cl2N6O2. The SMILES string of the molecule is O=C(c1n[nH]c(C2CC2)c1Cl)N1CCCN(C(=O)c2n[nH]c(C3CC3)c2Cl)CC1. The summed E-state index contributed by atoms with van der Waals surface area (Å²) in [6.45, 7) is 1.94. The van der Waals surface area contributed by atoms with Gasteiger partial charge < -0.3 is 9.80 Å². The summed E-state index contributed by atoms with van der Waals surface area (Å²) in [4.78, 5) is 29.3. The van der Waals surface area contributed by atoms with E-state index in [4.69, 9.17) is 23.2 Å². The molecule has 3 heterocycles. The van der Waals surface area contributed by atoms with Gasteiger partial charge in [-0.3, -0.25) is 19.8 Å². The fourth-order valence-electron chi connectivity index (χ4n) is 3.88. The van der Waals surface area contributed by atoms with Gasteiger partial charge in [0, 0.05) is 38.0 Å². The molecule has 0 atom stereocenters. The van der Waals surface area contributed by atoms with E-state index in [1.165, 1.54) is 0 Å². The topological polar surface area (TPSA) is 98.0 Å². The van der Waals surface area contributed by atoms with Gasteiger partial charge in [-0.15, -0.1) is 0 Å². The molecule has 2 saturated carbocycles. The minimum absolute atomic E-state index is 0.193. The van der Waals surface area contributed by atoms with Crippen LogP contribution >= 0.6 is 23.2 Å². The highest BCUT2D eigenvalue weighted by Gasteiger charge is 2.34. The van der Waals surface area contributed by atoms with Gasteiger partial charge in [0.2, 0.25) is 0 Å². The summed E-state index contributed by atoms with van der Waals surface area (Å²) in [5.74, 6) is 0.406. The van der Waals surface area contributed by atoms with Crippen molar-refractivity contribution in [3.8, 4) is 0 Å². The Morgan fingerprint density at radius 2 is 1.17 bits per heavy atom. The third kappa shape index (κ3) is 3.53. The Kier molecular flexibility index (Phi) is 4.78. The minimum atomic E-state index is -0.193. The van der Waals surface area contributed by atoms with Crippen molar-refractivity contribution in [1.29, 1.82) is 0 Å². The van der Waals surface area contributed by atoms with Gasteiger partial charge in [-0.1, -0.05) is 23.2 Å². The second-order valence-corrected chi connectivity index (χ2v) is 8.84. The van der Waals surface area contributed by atoms with Crippen molar-refractivity contribution in [2.75, 3.05) is 26.2 Å². The zero-order valence-corrected chi connectivity index (χ0v) is 17.4. The third-order valence-electron chi connectivity index (χ3n) is 5.91. The standard InChI is InChI=1S/C19H22Cl2N6O2/c20-12-14(10-2-3-10)22-24-16(12)18(28)26-6-1-7-27(9-8-26)19(29)17-13(21)15(23-25-17)11-4-5-11/h10-11H,1-9H2,(H,22,24)(H,23,25). The highest BCUT2D eigenvalue weighted by Crippen LogP contribution is 2.43. The Morgan fingerprint density at radius 1 is 0.759 bits per heavy atom. The molecule has 1 aliphatic heterocycles. The molecule has 29 heavy (non-hydrogen) atoms. The molecule has 2 amide bonds. The molecule has 2 N–H and O–H groups in total. The molecule has 10 heteroatoms. The first-order valence-electron chi connectivity index (χ1n) is 10.1. The maximum Gasteiger partial charge on any atom is 0.275 e. The fourth-order valence-corrected chi connectivity index (χ4v) is 4.51. The Morgan fingerprint density at radius 3 is 1.55 bits per heavy atom.